The van der Waals surface area contributed by atoms with E-state index in [2.05, 4.69) is 20.1 Å². The highest BCUT2D eigenvalue weighted by molar-refractivity contribution is 6.10. The molecule has 1 N–H and O–H groups in total. The lowest BCUT2D eigenvalue weighted by Gasteiger charge is -2.40. The number of anilines is 3. The molecule has 39 heavy (non-hydrogen) atoms. The monoisotopic (exact) mass is 542 g/mol. The molecule has 1 aromatic heterocycles. The summed E-state index contributed by atoms with van der Waals surface area (Å²) < 4.78 is 40.9. The zero-order valence-electron chi connectivity index (χ0n) is 22.3. The van der Waals surface area contributed by atoms with Crippen molar-refractivity contribution in [3.8, 4) is 0 Å². The number of halogens is 3. The summed E-state index contributed by atoms with van der Waals surface area (Å²) in [6.07, 6.45) is -3.37. The van der Waals surface area contributed by atoms with Gasteiger partial charge < -0.3 is 15.1 Å². The van der Waals surface area contributed by atoms with Crippen molar-refractivity contribution in [2.75, 3.05) is 54.5 Å². The third kappa shape index (κ3) is 4.55. The minimum atomic E-state index is -4.59. The van der Waals surface area contributed by atoms with Gasteiger partial charge in [0.15, 0.2) is 0 Å². The fourth-order valence-corrected chi connectivity index (χ4v) is 6.88. The molecule has 2 bridgehead atoms. The van der Waals surface area contributed by atoms with Gasteiger partial charge in [-0.1, -0.05) is 12.1 Å². The van der Waals surface area contributed by atoms with Gasteiger partial charge in [0.2, 0.25) is 11.8 Å². The number of likely N-dealkylation sites (N-methyl/N-ethyl adjacent to an activating group) is 1. The minimum absolute atomic E-state index is 0.0667. The van der Waals surface area contributed by atoms with Crippen LogP contribution in [0.25, 0.3) is 0 Å². The molecule has 1 unspecified atom stereocenters. The first-order valence-corrected chi connectivity index (χ1v) is 13.5. The molecule has 2 amide bonds. The highest BCUT2D eigenvalue weighted by atomic mass is 19.4. The van der Waals surface area contributed by atoms with Crippen LogP contribution in [0.15, 0.2) is 30.3 Å². The Kier molecular flexibility index (Phi) is 6.33. The van der Waals surface area contributed by atoms with Gasteiger partial charge in [-0.25, -0.2) is 4.98 Å². The highest BCUT2D eigenvalue weighted by Gasteiger charge is 2.49. The molecule has 2 aromatic rings. The number of hydrogen-bond donors (Lipinski definition) is 1. The van der Waals surface area contributed by atoms with Gasteiger partial charge in [0.25, 0.3) is 0 Å². The van der Waals surface area contributed by atoms with Crippen molar-refractivity contribution in [3.05, 3.63) is 47.2 Å². The third-order valence-electron chi connectivity index (χ3n) is 8.70. The molecule has 8 nitrogen and oxygen atoms in total. The molecule has 4 aliphatic heterocycles. The maximum Gasteiger partial charge on any atom is 0.416 e. The van der Waals surface area contributed by atoms with Gasteiger partial charge in [0, 0.05) is 69.9 Å². The van der Waals surface area contributed by atoms with Crippen molar-refractivity contribution in [3.63, 3.8) is 0 Å². The second-order valence-electron chi connectivity index (χ2n) is 11.3. The fourth-order valence-electron chi connectivity index (χ4n) is 6.88. The van der Waals surface area contributed by atoms with Gasteiger partial charge in [-0.05, 0) is 44.0 Å². The van der Waals surface area contributed by atoms with Gasteiger partial charge >= 0.3 is 6.18 Å². The van der Waals surface area contributed by atoms with Gasteiger partial charge in [-0.3, -0.25) is 19.4 Å². The van der Waals surface area contributed by atoms with Gasteiger partial charge in [-0.2, -0.15) is 13.2 Å². The second kappa shape index (κ2) is 9.48. The summed E-state index contributed by atoms with van der Waals surface area (Å²) in [5.74, 6) is -1.23. The predicted molar refractivity (Wildman–Crippen MR) is 142 cm³/mol. The maximum absolute atomic E-state index is 14.0. The van der Waals surface area contributed by atoms with Crippen LogP contribution in [-0.2, 0) is 15.8 Å². The summed E-state index contributed by atoms with van der Waals surface area (Å²) in [4.78, 5) is 39.2. The number of piperazine rings is 1. The molecule has 0 saturated carbocycles. The lowest BCUT2D eigenvalue weighted by atomic mass is 9.95. The highest BCUT2D eigenvalue weighted by Crippen LogP contribution is 2.41. The number of carbonyl (C=O) groups excluding carboxylic acids is 2. The normalized spacial score (nSPS) is 27.2. The van der Waals surface area contributed by atoms with Crippen LogP contribution >= 0.6 is 0 Å². The van der Waals surface area contributed by atoms with Crippen molar-refractivity contribution in [1.82, 2.24) is 15.2 Å². The number of nitrogens with zero attached hydrogens (tertiary/aromatic N) is 5. The first-order valence-electron chi connectivity index (χ1n) is 13.5. The number of benzene rings is 1. The van der Waals surface area contributed by atoms with Gasteiger partial charge in [0.05, 0.1) is 16.9 Å². The van der Waals surface area contributed by atoms with Crippen LogP contribution in [0.1, 0.15) is 29.7 Å². The van der Waals surface area contributed by atoms with E-state index in [-0.39, 0.29) is 29.7 Å². The van der Waals surface area contributed by atoms with E-state index in [1.165, 1.54) is 11.8 Å². The first-order chi connectivity index (χ1) is 18.5. The van der Waals surface area contributed by atoms with Gasteiger partial charge in [-0.15, -0.1) is 0 Å². The standard InChI is InChI=1S/C28H33F3N6O2/c1-16-5-4-6-22-25(16)36(8-7-35-15-20-12-21(35)13-32-20)14-18-10-24(38)37(26(18)27(39)34(22)3)23-11-19(28(29,30)31)9-17(2)33-23/h4-6,9,11,18,20-21,26,32H,7-8,10,12-15H2,1-3H3/t18-,20-,21?,26+/m1/s1. The van der Waals surface area contributed by atoms with Crippen molar-refractivity contribution in [2.45, 2.75) is 51.0 Å². The zero-order valence-corrected chi connectivity index (χ0v) is 22.3. The fraction of sp³-hybridized carbons (Fsp3) is 0.536. The lowest BCUT2D eigenvalue weighted by Crippen LogP contribution is -2.53. The minimum Gasteiger partial charge on any atom is -0.368 e. The summed E-state index contributed by atoms with van der Waals surface area (Å²) in [6, 6.07) is 7.76. The SMILES string of the molecule is Cc1cc(C(F)(F)F)cc(N2C(=O)C[C@@H]3CN(CCN4C[C@H]5CC4CN5)c4c(C)cccc4N(C)C(=O)[C@H]32)n1. The van der Waals surface area contributed by atoms with Gasteiger partial charge in [0.1, 0.15) is 11.9 Å². The Hall–Kier alpha value is -3.18. The quantitative estimate of drug-likeness (QED) is 0.641. The van der Waals surface area contributed by atoms with Crippen molar-refractivity contribution in [1.29, 1.82) is 0 Å². The third-order valence-corrected chi connectivity index (χ3v) is 8.70. The van der Waals surface area contributed by atoms with Crippen LogP contribution in [0.3, 0.4) is 0 Å². The Morgan fingerprint density at radius 3 is 2.59 bits per heavy atom. The first kappa shape index (κ1) is 26.1. The van der Waals surface area contributed by atoms with E-state index >= 15 is 0 Å². The Morgan fingerprint density at radius 1 is 1.10 bits per heavy atom. The van der Waals surface area contributed by atoms with E-state index in [0.29, 0.717) is 18.6 Å². The number of likely N-dealkylation sites (tertiary alicyclic amines) is 1. The van der Waals surface area contributed by atoms with E-state index in [1.54, 1.807) is 11.9 Å². The predicted octanol–water partition coefficient (Wildman–Crippen LogP) is 2.97. The van der Waals surface area contributed by atoms with E-state index in [0.717, 1.165) is 61.7 Å². The summed E-state index contributed by atoms with van der Waals surface area (Å²) >= 11 is 0. The number of rotatable bonds is 4. The Balaban J connectivity index is 1.37. The summed E-state index contributed by atoms with van der Waals surface area (Å²) in [5.41, 5.74) is 1.99. The molecule has 208 valence electrons. The number of pyridine rings is 1. The van der Waals surface area contributed by atoms with Crippen LogP contribution in [0.4, 0.5) is 30.4 Å². The Morgan fingerprint density at radius 2 is 1.90 bits per heavy atom. The number of nitrogens with one attached hydrogen (secondary N) is 1. The number of carbonyl (C=O) groups is 2. The maximum atomic E-state index is 14.0. The molecule has 4 aliphatic rings. The average molecular weight is 543 g/mol. The molecule has 0 aliphatic carbocycles. The molecule has 4 atom stereocenters. The molecule has 3 fully saturated rings. The zero-order chi connectivity index (χ0) is 27.6. The summed E-state index contributed by atoms with van der Waals surface area (Å²) in [7, 11) is 1.68. The van der Waals surface area contributed by atoms with E-state index in [1.807, 2.05) is 25.1 Å². The van der Waals surface area contributed by atoms with Crippen LogP contribution in [-0.4, -0.2) is 79.6 Å². The molecule has 11 heteroatoms. The van der Waals surface area contributed by atoms with Crippen molar-refractivity contribution < 1.29 is 22.8 Å². The number of alkyl halides is 3. The molecular weight excluding hydrogens is 509 g/mol. The molecule has 1 aromatic carbocycles. The smallest absolute Gasteiger partial charge is 0.368 e. The van der Waals surface area contributed by atoms with Crippen LogP contribution in [0.2, 0.25) is 0 Å². The second-order valence-corrected chi connectivity index (χ2v) is 11.3. The molecule has 6 rings (SSSR count). The lowest BCUT2D eigenvalue weighted by molar-refractivity contribution is -0.137. The summed E-state index contributed by atoms with van der Waals surface area (Å²) in [6.45, 7) is 7.52. The van der Waals surface area contributed by atoms with Crippen molar-refractivity contribution in [2.24, 2.45) is 5.92 Å². The molecule has 0 spiro atoms. The Bertz CT molecular complexity index is 1320. The number of fused-ring (bicyclic) bond motifs is 4. The largest absolute Gasteiger partial charge is 0.416 e. The number of para-hydroxylation sites is 1. The van der Waals surface area contributed by atoms with Crippen molar-refractivity contribution >= 4 is 29.0 Å². The van der Waals surface area contributed by atoms with E-state index < -0.39 is 23.7 Å². The molecule has 3 saturated heterocycles. The Labute approximate surface area is 225 Å². The summed E-state index contributed by atoms with van der Waals surface area (Å²) in [5, 5.41) is 3.53. The molecule has 5 heterocycles. The number of amides is 2. The average Bonchev–Trinajstić information content (AvgIpc) is 3.58. The number of aromatic nitrogens is 1. The van der Waals surface area contributed by atoms with E-state index in [4.69, 9.17) is 0 Å². The van der Waals surface area contributed by atoms with E-state index in [9.17, 15) is 22.8 Å². The number of hydrogen-bond acceptors (Lipinski definition) is 6. The number of aryl methyl sites for hydroxylation is 2. The van der Waals surface area contributed by atoms with Crippen LogP contribution in [0.5, 0.6) is 0 Å². The topological polar surface area (TPSA) is 72.0 Å². The van der Waals surface area contributed by atoms with Crippen LogP contribution < -0.4 is 20.0 Å². The molecular formula is C28H33F3N6O2. The van der Waals surface area contributed by atoms with Crippen LogP contribution in [0, 0.1) is 19.8 Å². The molecule has 0 radical (unpaired) electrons.